The van der Waals surface area contributed by atoms with Crippen molar-refractivity contribution in [1.82, 2.24) is 15.8 Å². The quantitative estimate of drug-likeness (QED) is 0.534. The number of thiazole rings is 1. The molecule has 1 saturated heterocycles. The number of carbonyl (C=O) groups is 1. The summed E-state index contributed by atoms with van der Waals surface area (Å²) in [6.07, 6.45) is 0. The van der Waals surface area contributed by atoms with Crippen molar-refractivity contribution in [2.45, 2.75) is 12.1 Å². The molecule has 23 heavy (non-hydrogen) atoms. The molecule has 2 unspecified atom stereocenters. The van der Waals surface area contributed by atoms with E-state index in [1.54, 1.807) is 0 Å². The largest absolute Gasteiger partial charge is 0.300 e. The molecule has 2 aromatic rings. The van der Waals surface area contributed by atoms with Crippen LogP contribution in [0, 0.1) is 10.1 Å². The van der Waals surface area contributed by atoms with E-state index in [0.717, 1.165) is 15.7 Å². The van der Waals surface area contributed by atoms with Crippen molar-refractivity contribution >= 4 is 38.3 Å². The average Bonchev–Trinajstić information content (AvgIpc) is 3.16. The zero-order valence-corrected chi connectivity index (χ0v) is 14.1. The van der Waals surface area contributed by atoms with Crippen molar-refractivity contribution in [3.8, 4) is 11.3 Å². The van der Waals surface area contributed by atoms with Crippen molar-refractivity contribution in [3.63, 3.8) is 0 Å². The predicted octanol–water partition coefficient (Wildman–Crippen LogP) is 1.63. The lowest BCUT2D eigenvalue weighted by Gasteiger charge is -2.10. The van der Waals surface area contributed by atoms with E-state index in [2.05, 4.69) is 37.1 Å². The topological polar surface area (TPSA) is 109 Å². The molecule has 0 aliphatic carbocycles. The van der Waals surface area contributed by atoms with E-state index in [9.17, 15) is 14.9 Å². The zero-order chi connectivity index (χ0) is 16.4. The molecule has 8 nitrogen and oxygen atoms in total. The van der Waals surface area contributed by atoms with Crippen LogP contribution in [0.4, 0.5) is 5.13 Å². The number of carbonyl (C=O) groups excluding carboxylic acids is 1. The first-order chi connectivity index (χ1) is 11.0. The summed E-state index contributed by atoms with van der Waals surface area (Å²) in [4.78, 5) is 27.0. The Morgan fingerprint density at radius 3 is 2.87 bits per heavy atom. The number of nitro groups is 1. The molecule has 1 aromatic carbocycles. The van der Waals surface area contributed by atoms with E-state index in [0.29, 0.717) is 5.13 Å². The third-order valence-electron chi connectivity index (χ3n) is 3.38. The molecular formula is C13H12BrN5O3S. The van der Waals surface area contributed by atoms with Crippen LogP contribution >= 0.6 is 27.3 Å². The van der Waals surface area contributed by atoms with Crippen molar-refractivity contribution in [2.75, 3.05) is 11.9 Å². The summed E-state index contributed by atoms with van der Waals surface area (Å²) in [5.74, 6) is -0.478. The van der Waals surface area contributed by atoms with Crippen molar-refractivity contribution in [3.05, 3.63) is 44.2 Å². The molecule has 3 rings (SSSR count). The van der Waals surface area contributed by atoms with Crippen LogP contribution < -0.4 is 16.2 Å². The van der Waals surface area contributed by atoms with Gasteiger partial charge in [0, 0.05) is 20.3 Å². The number of nitrogens with zero attached hydrogens (tertiary/aromatic N) is 2. The van der Waals surface area contributed by atoms with Gasteiger partial charge in [-0.25, -0.2) is 15.8 Å². The summed E-state index contributed by atoms with van der Waals surface area (Å²) in [6, 6.07) is 5.71. The van der Waals surface area contributed by atoms with Gasteiger partial charge in [0.05, 0.1) is 12.2 Å². The Kier molecular flexibility index (Phi) is 4.66. The molecular weight excluding hydrogens is 386 g/mol. The van der Waals surface area contributed by atoms with Crippen LogP contribution in [-0.4, -0.2) is 34.4 Å². The number of aromatic nitrogens is 1. The fourth-order valence-corrected chi connectivity index (χ4v) is 3.18. The monoisotopic (exact) mass is 397 g/mol. The Bertz CT molecular complexity index is 735. The number of hydrogen-bond acceptors (Lipinski definition) is 7. The number of amides is 1. The second-order valence-corrected chi connectivity index (χ2v) is 6.66. The van der Waals surface area contributed by atoms with Gasteiger partial charge in [0.15, 0.2) is 11.2 Å². The highest BCUT2D eigenvalue weighted by atomic mass is 79.9. The zero-order valence-electron chi connectivity index (χ0n) is 11.7. The van der Waals surface area contributed by atoms with Gasteiger partial charge < -0.3 is 5.32 Å². The van der Waals surface area contributed by atoms with Gasteiger partial charge in [0.2, 0.25) is 0 Å². The number of hydrogen-bond donors (Lipinski definition) is 3. The molecule has 0 spiro atoms. The highest BCUT2D eigenvalue weighted by Crippen LogP contribution is 2.26. The molecule has 1 fully saturated rings. The summed E-state index contributed by atoms with van der Waals surface area (Å²) in [5.41, 5.74) is 6.92. The smallest absolute Gasteiger partial charge is 0.252 e. The van der Waals surface area contributed by atoms with Crippen molar-refractivity contribution in [2.24, 2.45) is 0 Å². The minimum Gasteiger partial charge on any atom is -0.300 e. The molecule has 2 heterocycles. The van der Waals surface area contributed by atoms with Gasteiger partial charge >= 0.3 is 0 Å². The second-order valence-electron chi connectivity index (χ2n) is 4.89. The van der Waals surface area contributed by atoms with Crippen LogP contribution in [0.25, 0.3) is 11.3 Å². The van der Waals surface area contributed by atoms with Gasteiger partial charge in [-0.3, -0.25) is 14.9 Å². The molecule has 10 heteroatoms. The molecule has 0 saturated carbocycles. The van der Waals surface area contributed by atoms with E-state index in [1.807, 2.05) is 29.6 Å². The van der Waals surface area contributed by atoms with Crippen LogP contribution in [-0.2, 0) is 4.79 Å². The van der Waals surface area contributed by atoms with Crippen LogP contribution in [0.1, 0.15) is 0 Å². The van der Waals surface area contributed by atoms with Gasteiger partial charge in [-0.1, -0.05) is 28.1 Å². The Morgan fingerprint density at radius 2 is 2.17 bits per heavy atom. The highest BCUT2D eigenvalue weighted by molar-refractivity contribution is 9.10. The molecule has 0 bridgehead atoms. The lowest BCUT2D eigenvalue weighted by atomic mass is 10.1. The molecule has 1 amide bonds. The fraction of sp³-hybridized carbons (Fsp3) is 0.231. The van der Waals surface area contributed by atoms with Gasteiger partial charge in [-0.2, -0.15) is 0 Å². The van der Waals surface area contributed by atoms with E-state index < -0.39 is 22.9 Å². The van der Waals surface area contributed by atoms with Crippen molar-refractivity contribution in [1.29, 1.82) is 0 Å². The summed E-state index contributed by atoms with van der Waals surface area (Å²) < 4.78 is 0.968. The maximum Gasteiger partial charge on any atom is 0.252 e. The van der Waals surface area contributed by atoms with E-state index >= 15 is 0 Å². The lowest BCUT2D eigenvalue weighted by molar-refractivity contribution is -0.517. The Balaban J connectivity index is 1.70. The third kappa shape index (κ3) is 3.55. The normalized spacial score (nSPS) is 20.4. The summed E-state index contributed by atoms with van der Waals surface area (Å²) in [6.45, 7) is 0.104. The molecule has 0 radical (unpaired) electrons. The summed E-state index contributed by atoms with van der Waals surface area (Å²) in [7, 11) is 0. The standard InChI is InChI=1S/C13H12BrN5O3S/c14-8-3-1-7(2-4-8)9-6-23-13(16-9)17-12(20)11-10(19(21)22)5-15-18-11/h1-4,6,10-11,15,18H,5H2,(H,16,17,20). The fourth-order valence-electron chi connectivity index (χ4n) is 2.19. The Morgan fingerprint density at radius 1 is 1.43 bits per heavy atom. The molecule has 1 aliphatic heterocycles. The van der Waals surface area contributed by atoms with E-state index in [-0.39, 0.29) is 6.54 Å². The lowest BCUT2D eigenvalue weighted by Crippen LogP contribution is -2.46. The average molecular weight is 398 g/mol. The molecule has 1 aromatic heterocycles. The maximum atomic E-state index is 12.2. The number of hydrazine groups is 1. The van der Waals surface area contributed by atoms with E-state index in [4.69, 9.17) is 0 Å². The minimum absolute atomic E-state index is 0.104. The number of anilines is 1. The highest BCUT2D eigenvalue weighted by Gasteiger charge is 2.41. The van der Waals surface area contributed by atoms with Crippen molar-refractivity contribution < 1.29 is 9.72 Å². The first kappa shape index (κ1) is 16.0. The van der Waals surface area contributed by atoms with Gasteiger partial charge in [-0.15, -0.1) is 11.3 Å². The molecule has 2 atom stereocenters. The van der Waals surface area contributed by atoms with Crippen LogP contribution in [0.2, 0.25) is 0 Å². The number of halogens is 1. The number of rotatable bonds is 4. The van der Waals surface area contributed by atoms with Crippen LogP contribution in [0.3, 0.4) is 0 Å². The minimum atomic E-state index is -0.999. The summed E-state index contributed by atoms with van der Waals surface area (Å²) in [5, 5.41) is 15.8. The molecule has 3 N–H and O–H groups in total. The van der Waals surface area contributed by atoms with Gasteiger partial charge in [-0.05, 0) is 12.1 Å². The first-order valence-corrected chi connectivity index (χ1v) is 8.36. The van der Waals surface area contributed by atoms with E-state index in [1.165, 1.54) is 11.3 Å². The Labute approximate surface area is 143 Å². The van der Waals surface area contributed by atoms with Crippen LogP contribution in [0.15, 0.2) is 34.1 Å². The van der Waals surface area contributed by atoms with Gasteiger partial charge in [0.25, 0.3) is 11.9 Å². The SMILES string of the molecule is O=C(Nc1nc(-c2ccc(Br)cc2)cs1)C1NNCC1[N+](=O)[O-]. The molecule has 120 valence electrons. The second kappa shape index (κ2) is 6.71. The summed E-state index contributed by atoms with van der Waals surface area (Å²) >= 11 is 4.64. The third-order valence-corrected chi connectivity index (χ3v) is 4.67. The number of benzene rings is 1. The van der Waals surface area contributed by atoms with Gasteiger partial charge in [0.1, 0.15) is 0 Å². The predicted molar refractivity (Wildman–Crippen MR) is 89.6 cm³/mol. The maximum absolute atomic E-state index is 12.2. The number of nitrogens with one attached hydrogen (secondary N) is 3. The first-order valence-electron chi connectivity index (χ1n) is 6.69. The Hall–Kier alpha value is -1.88. The molecule has 1 aliphatic rings. The van der Waals surface area contributed by atoms with Crippen LogP contribution in [0.5, 0.6) is 0 Å².